The van der Waals surface area contributed by atoms with Gasteiger partial charge in [0, 0.05) is 5.56 Å². The quantitative estimate of drug-likeness (QED) is 0.788. The highest BCUT2D eigenvalue weighted by molar-refractivity contribution is 5.41. The zero-order valence-electron chi connectivity index (χ0n) is 13.8. The molecule has 3 rings (SSSR count). The molecule has 120 valence electrons. The average molecular weight is 314 g/mol. The van der Waals surface area contributed by atoms with Gasteiger partial charge in [-0.2, -0.15) is 0 Å². The van der Waals surface area contributed by atoms with Gasteiger partial charge in [-0.15, -0.1) is 0 Å². The smallest absolute Gasteiger partial charge is 0.141 e. The predicted molar refractivity (Wildman–Crippen MR) is 98.3 cm³/mol. The molecule has 0 saturated heterocycles. The number of aliphatic hydroxyl groups is 1. The number of rotatable bonds is 2. The van der Waals surface area contributed by atoms with Crippen LogP contribution in [-0.4, -0.2) is 5.11 Å². The van der Waals surface area contributed by atoms with Crippen LogP contribution in [0, 0.1) is 23.7 Å². The minimum Gasteiger partial charge on any atom is -0.376 e. The van der Waals surface area contributed by atoms with E-state index in [0.29, 0.717) is 5.92 Å². The van der Waals surface area contributed by atoms with Gasteiger partial charge in [0.2, 0.25) is 0 Å². The van der Waals surface area contributed by atoms with Gasteiger partial charge in [0.1, 0.15) is 6.10 Å². The molecule has 0 bridgehead atoms. The van der Waals surface area contributed by atoms with Crippen LogP contribution >= 0.6 is 0 Å². The van der Waals surface area contributed by atoms with Crippen LogP contribution in [0.25, 0.3) is 0 Å². The summed E-state index contributed by atoms with van der Waals surface area (Å²) in [7, 11) is 0. The summed E-state index contributed by atoms with van der Waals surface area (Å²) in [6.07, 6.45) is 5.83. The third-order valence-corrected chi connectivity index (χ3v) is 4.58. The monoisotopic (exact) mass is 314 g/mol. The Labute approximate surface area is 144 Å². The largest absolute Gasteiger partial charge is 0.376 e. The van der Waals surface area contributed by atoms with Crippen molar-refractivity contribution >= 4 is 0 Å². The number of hydrogen-bond donors (Lipinski definition) is 1. The molecule has 1 fully saturated rings. The Balaban J connectivity index is 1.62. The maximum atomic E-state index is 10.2. The van der Waals surface area contributed by atoms with Crippen molar-refractivity contribution < 1.29 is 5.11 Å². The standard InChI is InChI=1S/C23H22O/c24-23(14-8-7-11-19-9-3-1-4-10-19)22-17-15-21(16-18-22)20-12-5-2-6-13-20/h1,3-4,9-10,15-18,20,23-24H,2,5-6,12-13H2. The molecule has 1 nitrogen and oxygen atoms in total. The molecule has 2 aromatic rings. The Hall–Kier alpha value is -2.48. The summed E-state index contributed by atoms with van der Waals surface area (Å²) in [6, 6.07) is 18.0. The van der Waals surface area contributed by atoms with E-state index in [4.69, 9.17) is 0 Å². The summed E-state index contributed by atoms with van der Waals surface area (Å²) >= 11 is 0. The van der Waals surface area contributed by atoms with Crippen LogP contribution in [0.2, 0.25) is 0 Å². The van der Waals surface area contributed by atoms with Crippen molar-refractivity contribution in [3.05, 3.63) is 71.3 Å². The van der Waals surface area contributed by atoms with E-state index in [1.165, 1.54) is 37.7 Å². The second-order valence-electron chi connectivity index (χ2n) is 6.29. The summed E-state index contributed by atoms with van der Waals surface area (Å²) in [5.74, 6) is 12.0. The molecule has 1 unspecified atom stereocenters. The first-order chi connectivity index (χ1) is 11.8. The lowest BCUT2D eigenvalue weighted by molar-refractivity contribution is 0.238. The van der Waals surface area contributed by atoms with E-state index in [0.717, 1.165) is 11.1 Å². The highest BCUT2D eigenvalue weighted by Crippen LogP contribution is 2.32. The fraction of sp³-hybridized carbons (Fsp3) is 0.304. The summed E-state index contributed by atoms with van der Waals surface area (Å²) in [5, 5.41) is 10.2. The normalized spacial score (nSPS) is 15.5. The molecule has 1 N–H and O–H groups in total. The SMILES string of the molecule is OC(C#CC#Cc1ccccc1)c1ccc(C2CCCCC2)cc1. The van der Waals surface area contributed by atoms with Gasteiger partial charge in [-0.05, 0) is 53.9 Å². The Morgan fingerprint density at radius 3 is 2.25 bits per heavy atom. The van der Waals surface area contributed by atoms with Crippen molar-refractivity contribution in [2.24, 2.45) is 0 Å². The molecular formula is C23H22O. The molecule has 1 aliphatic carbocycles. The van der Waals surface area contributed by atoms with Crippen LogP contribution in [0.5, 0.6) is 0 Å². The van der Waals surface area contributed by atoms with Crippen LogP contribution in [0.3, 0.4) is 0 Å². The predicted octanol–water partition coefficient (Wildman–Crippen LogP) is 4.82. The molecule has 24 heavy (non-hydrogen) atoms. The van der Waals surface area contributed by atoms with Gasteiger partial charge in [-0.3, -0.25) is 0 Å². The Morgan fingerprint density at radius 2 is 1.54 bits per heavy atom. The summed E-state index contributed by atoms with van der Waals surface area (Å²) in [5.41, 5.74) is 3.16. The van der Waals surface area contributed by atoms with E-state index in [-0.39, 0.29) is 0 Å². The van der Waals surface area contributed by atoms with Crippen molar-refractivity contribution in [2.75, 3.05) is 0 Å². The van der Waals surface area contributed by atoms with Gasteiger partial charge < -0.3 is 5.11 Å². The topological polar surface area (TPSA) is 20.2 Å². The van der Waals surface area contributed by atoms with Gasteiger partial charge in [-0.1, -0.05) is 73.6 Å². The minimum atomic E-state index is -0.782. The zero-order valence-corrected chi connectivity index (χ0v) is 13.8. The molecule has 0 aliphatic heterocycles. The molecule has 1 atom stereocenters. The van der Waals surface area contributed by atoms with Crippen molar-refractivity contribution in [1.82, 2.24) is 0 Å². The van der Waals surface area contributed by atoms with E-state index in [1.807, 2.05) is 42.5 Å². The second-order valence-corrected chi connectivity index (χ2v) is 6.29. The van der Waals surface area contributed by atoms with E-state index in [2.05, 4.69) is 35.8 Å². The van der Waals surface area contributed by atoms with Crippen LogP contribution in [-0.2, 0) is 0 Å². The molecule has 0 aromatic heterocycles. The lowest BCUT2D eigenvalue weighted by atomic mass is 9.84. The fourth-order valence-corrected chi connectivity index (χ4v) is 3.20. The molecule has 0 radical (unpaired) electrons. The molecule has 2 aromatic carbocycles. The second kappa shape index (κ2) is 8.39. The van der Waals surface area contributed by atoms with Gasteiger partial charge >= 0.3 is 0 Å². The lowest BCUT2D eigenvalue weighted by Crippen LogP contribution is -2.04. The average Bonchev–Trinajstić information content (AvgIpc) is 2.67. The first kappa shape index (κ1) is 16.4. The maximum absolute atomic E-state index is 10.2. The van der Waals surface area contributed by atoms with E-state index >= 15 is 0 Å². The first-order valence-corrected chi connectivity index (χ1v) is 8.67. The minimum absolute atomic E-state index is 0.688. The maximum Gasteiger partial charge on any atom is 0.141 e. The highest BCUT2D eigenvalue weighted by atomic mass is 16.3. The summed E-state index contributed by atoms with van der Waals surface area (Å²) in [4.78, 5) is 0. The highest BCUT2D eigenvalue weighted by Gasteiger charge is 2.15. The van der Waals surface area contributed by atoms with Crippen molar-refractivity contribution in [2.45, 2.75) is 44.1 Å². The van der Waals surface area contributed by atoms with Crippen LogP contribution < -0.4 is 0 Å². The third kappa shape index (κ3) is 4.51. The van der Waals surface area contributed by atoms with Gasteiger partial charge in [-0.25, -0.2) is 0 Å². The zero-order chi connectivity index (χ0) is 16.6. The van der Waals surface area contributed by atoms with E-state index in [1.54, 1.807) is 0 Å². The third-order valence-electron chi connectivity index (χ3n) is 4.58. The van der Waals surface area contributed by atoms with Crippen LogP contribution in [0.1, 0.15) is 60.8 Å². The van der Waals surface area contributed by atoms with Gasteiger partial charge in [0.25, 0.3) is 0 Å². The number of hydrogen-bond acceptors (Lipinski definition) is 1. The fourth-order valence-electron chi connectivity index (χ4n) is 3.20. The van der Waals surface area contributed by atoms with Crippen molar-refractivity contribution in [3.63, 3.8) is 0 Å². The van der Waals surface area contributed by atoms with Crippen LogP contribution in [0.4, 0.5) is 0 Å². The molecule has 0 heterocycles. The molecule has 1 saturated carbocycles. The molecule has 0 spiro atoms. The van der Waals surface area contributed by atoms with Gasteiger partial charge in [0.05, 0.1) is 0 Å². The Bertz CT molecular complexity index is 760. The first-order valence-electron chi connectivity index (χ1n) is 8.67. The van der Waals surface area contributed by atoms with Crippen molar-refractivity contribution in [3.8, 4) is 23.7 Å². The molecular weight excluding hydrogens is 292 g/mol. The summed E-state index contributed by atoms with van der Waals surface area (Å²) < 4.78 is 0. The molecule has 1 aliphatic rings. The van der Waals surface area contributed by atoms with E-state index < -0.39 is 6.10 Å². The Kier molecular flexibility index (Phi) is 5.73. The molecule has 0 amide bonds. The number of aliphatic hydroxyl groups excluding tert-OH is 1. The summed E-state index contributed by atoms with van der Waals surface area (Å²) in [6.45, 7) is 0. The number of benzene rings is 2. The Morgan fingerprint density at radius 1 is 0.833 bits per heavy atom. The van der Waals surface area contributed by atoms with Gasteiger partial charge in [0.15, 0.2) is 0 Å². The molecule has 1 heteroatoms. The lowest BCUT2D eigenvalue weighted by Gasteiger charge is -2.22. The van der Waals surface area contributed by atoms with E-state index in [9.17, 15) is 5.11 Å². The van der Waals surface area contributed by atoms with Crippen molar-refractivity contribution in [1.29, 1.82) is 0 Å². The van der Waals surface area contributed by atoms with Crippen LogP contribution in [0.15, 0.2) is 54.6 Å².